The Labute approximate surface area is 200 Å². The van der Waals surface area contributed by atoms with E-state index >= 15 is 0 Å². The third-order valence-electron chi connectivity index (χ3n) is 6.31. The fourth-order valence-electron chi connectivity index (χ4n) is 4.52. The molecule has 5 rings (SSSR count). The van der Waals surface area contributed by atoms with Gasteiger partial charge >= 0.3 is 0 Å². The van der Waals surface area contributed by atoms with Gasteiger partial charge in [0.2, 0.25) is 0 Å². The van der Waals surface area contributed by atoms with Gasteiger partial charge in [-0.1, -0.05) is 78.7 Å². The van der Waals surface area contributed by atoms with E-state index in [1.165, 1.54) is 11.1 Å². The number of ether oxygens (including phenoxy) is 1. The van der Waals surface area contributed by atoms with Gasteiger partial charge in [0.05, 0.1) is 18.3 Å². The summed E-state index contributed by atoms with van der Waals surface area (Å²) in [5.41, 5.74) is 7.80. The topological polar surface area (TPSA) is 58.2 Å². The van der Waals surface area contributed by atoms with Crippen molar-refractivity contribution < 1.29 is 9.53 Å². The SMILES string of the molecule is CCCOc1cccc(C2c3c(-c4ccc(C)cc4)n[nH]c3C(=O)N2Cc2ccc(C)cc2)c1. The molecule has 0 radical (unpaired) electrons. The first-order chi connectivity index (χ1) is 16.5. The van der Waals surface area contributed by atoms with E-state index in [1.54, 1.807) is 0 Å². The van der Waals surface area contributed by atoms with Crippen molar-refractivity contribution in [3.05, 3.63) is 106 Å². The predicted molar refractivity (Wildman–Crippen MR) is 134 cm³/mol. The largest absolute Gasteiger partial charge is 0.494 e. The molecule has 1 aliphatic heterocycles. The Bertz CT molecular complexity index is 1310. The molecule has 3 aromatic carbocycles. The van der Waals surface area contributed by atoms with Gasteiger partial charge in [-0.3, -0.25) is 9.89 Å². The number of carbonyl (C=O) groups is 1. The predicted octanol–water partition coefficient (Wildman–Crippen LogP) is 6.23. The normalized spacial score (nSPS) is 15.0. The van der Waals surface area contributed by atoms with Gasteiger partial charge in [-0.25, -0.2) is 0 Å². The van der Waals surface area contributed by atoms with Crippen molar-refractivity contribution in [2.45, 2.75) is 39.8 Å². The molecule has 0 saturated heterocycles. The highest BCUT2D eigenvalue weighted by Gasteiger charge is 2.42. The lowest BCUT2D eigenvalue weighted by Gasteiger charge is -2.27. The monoisotopic (exact) mass is 451 g/mol. The highest BCUT2D eigenvalue weighted by molar-refractivity contribution is 6.00. The van der Waals surface area contributed by atoms with Crippen molar-refractivity contribution in [2.24, 2.45) is 0 Å². The van der Waals surface area contributed by atoms with E-state index in [0.29, 0.717) is 18.8 Å². The van der Waals surface area contributed by atoms with Gasteiger partial charge in [0.1, 0.15) is 11.4 Å². The molecular weight excluding hydrogens is 422 g/mol. The van der Waals surface area contributed by atoms with Gasteiger partial charge in [0.25, 0.3) is 5.91 Å². The molecule has 0 saturated carbocycles. The number of fused-ring (bicyclic) bond motifs is 1. The van der Waals surface area contributed by atoms with Crippen molar-refractivity contribution in [3.8, 4) is 17.0 Å². The van der Waals surface area contributed by atoms with Crippen LogP contribution < -0.4 is 4.74 Å². The number of hydrogen-bond donors (Lipinski definition) is 1. The number of amides is 1. The summed E-state index contributed by atoms with van der Waals surface area (Å²) in [4.78, 5) is 15.6. The Kier molecular flexibility index (Phi) is 5.93. The van der Waals surface area contributed by atoms with Gasteiger partial charge in [-0.05, 0) is 43.5 Å². The van der Waals surface area contributed by atoms with Crippen LogP contribution in [0, 0.1) is 13.8 Å². The number of carbonyl (C=O) groups excluding carboxylic acids is 1. The lowest BCUT2D eigenvalue weighted by Crippen LogP contribution is -2.29. The Hall–Kier alpha value is -3.86. The van der Waals surface area contributed by atoms with Crippen LogP contribution in [0.5, 0.6) is 5.75 Å². The number of aromatic amines is 1. The maximum atomic E-state index is 13.6. The second kappa shape index (κ2) is 9.18. The molecule has 1 aliphatic rings. The Balaban J connectivity index is 1.61. The van der Waals surface area contributed by atoms with E-state index in [4.69, 9.17) is 4.74 Å². The molecule has 0 spiro atoms. The van der Waals surface area contributed by atoms with Gasteiger partial charge < -0.3 is 9.64 Å². The quantitative estimate of drug-likeness (QED) is 0.362. The molecule has 2 heterocycles. The minimum atomic E-state index is -0.260. The zero-order valence-electron chi connectivity index (χ0n) is 19.8. The number of nitrogens with one attached hydrogen (secondary N) is 1. The van der Waals surface area contributed by atoms with Crippen LogP contribution in [0.2, 0.25) is 0 Å². The van der Waals surface area contributed by atoms with Crippen molar-refractivity contribution >= 4 is 5.91 Å². The highest BCUT2D eigenvalue weighted by Crippen LogP contribution is 2.44. The van der Waals surface area contributed by atoms with Crippen LogP contribution in [0.4, 0.5) is 0 Å². The third-order valence-corrected chi connectivity index (χ3v) is 6.31. The maximum absolute atomic E-state index is 13.6. The maximum Gasteiger partial charge on any atom is 0.273 e. The summed E-state index contributed by atoms with van der Waals surface area (Å²) in [5, 5.41) is 7.64. The molecular formula is C29H29N3O2. The van der Waals surface area contributed by atoms with Crippen molar-refractivity contribution in [1.29, 1.82) is 0 Å². The molecule has 34 heavy (non-hydrogen) atoms. The molecule has 5 nitrogen and oxygen atoms in total. The number of aromatic nitrogens is 2. The number of benzene rings is 3. The number of H-pyrrole nitrogens is 1. The number of rotatable bonds is 7. The molecule has 1 atom stereocenters. The van der Waals surface area contributed by atoms with E-state index < -0.39 is 0 Å². The molecule has 1 N–H and O–H groups in total. The summed E-state index contributed by atoms with van der Waals surface area (Å²) in [5.74, 6) is 0.780. The average Bonchev–Trinajstić information content (AvgIpc) is 3.39. The smallest absolute Gasteiger partial charge is 0.273 e. The van der Waals surface area contributed by atoms with Gasteiger partial charge in [0.15, 0.2) is 0 Å². The molecule has 172 valence electrons. The first-order valence-electron chi connectivity index (χ1n) is 11.8. The summed E-state index contributed by atoms with van der Waals surface area (Å²) in [6.07, 6.45) is 0.940. The molecule has 0 bridgehead atoms. The Morgan fingerprint density at radius 3 is 2.38 bits per heavy atom. The lowest BCUT2D eigenvalue weighted by molar-refractivity contribution is 0.0730. The Morgan fingerprint density at radius 2 is 1.68 bits per heavy atom. The van der Waals surface area contributed by atoms with E-state index in [9.17, 15) is 4.79 Å². The minimum Gasteiger partial charge on any atom is -0.494 e. The van der Waals surface area contributed by atoms with Crippen molar-refractivity contribution in [1.82, 2.24) is 15.1 Å². The summed E-state index contributed by atoms with van der Waals surface area (Å²) in [7, 11) is 0. The van der Waals surface area contributed by atoms with Crippen LogP contribution >= 0.6 is 0 Å². The lowest BCUT2D eigenvalue weighted by atomic mass is 9.95. The standard InChI is InChI=1S/C29H29N3O2/c1-4-16-34-24-7-5-6-23(17-24)28-25-26(22-14-10-20(3)11-15-22)30-31-27(25)29(33)32(28)18-21-12-8-19(2)9-13-21/h5-15,17,28H,4,16,18H2,1-3H3,(H,30,31). The van der Waals surface area contributed by atoms with E-state index in [2.05, 4.69) is 91.6 Å². The summed E-state index contributed by atoms with van der Waals surface area (Å²) in [6.45, 7) is 7.40. The molecule has 4 aromatic rings. The first-order valence-corrected chi connectivity index (χ1v) is 11.8. The molecule has 0 fully saturated rings. The molecule has 1 unspecified atom stereocenters. The number of aryl methyl sites for hydroxylation is 2. The van der Waals surface area contributed by atoms with Crippen LogP contribution in [0.15, 0.2) is 72.8 Å². The van der Waals surface area contributed by atoms with Gasteiger partial charge in [0, 0.05) is 17.7 Å². The van der Waals surface area contributed by atoms with Crippen LogP contribution in [-0.2, 0) is 6.54 Å². The fraction of sp³-hybridized carbons (Fsp3) is 0.241. The van der Waals surface area contributed by atoms with E-state index in [-0.39, 0.29) is 11.9 Å². The average molecular weight is 452 g/mol. The van der Waals surface area contributed by atoms with Crippen molar-refractivity contribution in [2.75, 3.05) is 6.61 Å². The highest BCUT2D eigenvalue weighted by atomic mass is 16.5. The zero-order chi connectivity index (χ0) is 23.7. The summed E-state index contributed by atoms with van der Waals surface area (Å²) in [6, 6.07) is 24.5. The zero-order valence-corrected chi connectivity index (χ0v) is 19.8. The van der Waals surface area contributed by atoms with Gasteiger partial charge in [-0.2, -0.15) is 5.10 Å². The van der Waals surface area contributed by atoms with Crippen LogP contribution in [0.1, 0.15) is 57.7 Å². The Morgan fingerprint density at radius 1 is 0.971 bits per heavy atom. The second-order valence-electron chi connectivity index (χ2n) is 8.97. The molecule has 0 aliphatic carbocycles. The van der Waals surface area contributed by atoms with Crippen molar-refractivity contribution in [3.63, 3.8) is 0 Å². The van der Waals surface area contributed by atoms with Gasteiger partial charge in [-0.15, -0.1) is 0 Å². The molecule has 5 heteroatoms. The van der Waals surface area contributed by atoms with Crippen LogP contribution in [0.3, 0.4) is 0 Å². The van der Waals surface area contributed by atoms with Crippen LogP contribution in [0.25, 0.3) is 11.3 Å². The van der Waals surface area contributed by atoms with E-state index in [0.717, 1.165) is 40.1 Å². The minimum absolute atomic E-state index is 0.0358. The molecule has 1 aromatic heterocycles. The molecule has 1 amide bonds. The van der Waals surface area contributed by atoms with E-state index in [1.807, 2.05) is 17.0 Å². The van der Waals surface area contributed by atoms with Crippen LogP contribution in [-0.4, -0.2) is 27.6 Å². The second-order valence-corrected chi connectivity index (χ2v) is 8.97. The summed E-state index contributed by atoms with van der Waals surface area (Å²) < 4.78 is 5.92. The first kappa shape index (κ1) is 22.0. The number of nitrogens with zero attached hydrogens (tertiary/aromatic N) is 2. The summed E-state index contributed by atoms with van der Waals surface area (Å²) >= 11 is 0. The fourth-order valence-corrected chi connectivity index (χ4v) is 4.52. The third kappa shape index (κ3) is 4.10. The number of hydrogen-bond acceptors (Lipinski definition) is 3.